The molecule has 1 amide bonds. The summed E-state index contributed by atoms with van der Waals surface area (Å²) in [4.78, 5) is 11.9. The molecular formula is C15H21N3O. The second kappa shape index (κ2) is 5.72. The second-order valence-electron chi connectivity index (χ2n) is 5.37. The van der Waals surface area contributed by atoms with Crippen LogP contribution in [0, 0.1) is 0 Å². The highest BCUT2D eigenvalue weighted by atomic mass is 16.2. The predicted molar refractivity (Wildman–Crippen MR) is 74.7 cm³/mol. The van der Waals surface area contributed by atoms with Crippen molar-refractivity contribution in [2.75, 3.05) is 13.1 Å². The molecule has 0 bridgehead atoms. The van der Waals surface area contributed by atoms with E-state index in [0.29, 0.717) is 0 Å². The maximum absolute atomic E-state index is 11.9. The lowest BCUT2D eigenvalue weighted by atomic mass is 9.97. The Kier molecular flexibility index (Phi) is 3.80. The van der Waals surface area contributed by atoms with Crippen LogP contribution >= 0.6 is 0 Å². The Labute approximate surface area is 114 Å². The van der Waals surface area contributed by atoms with E-state index in [-0.39, 0.29) is 18.0 Å². The summed E-state index contributed by atoms with van der Waals surface area (Å²) in [7, 11) is 0. The van der Waals surface area contributed by atoms with Gasteiger partial charge in [0.1, 0.15) is 0 Å². The van der Waals surface area contributed by atoms with Crippen LogP contribution in [0.1, 0.15) is 36.4 Å². The van der Waals surface area contributed by atoms with Crippen LogP contribution in [0.15, 0.2) is 24.3 Å². The zero-order valence-electron chi connectivity index (χ0n) is 11.1. The Morgan fingerprint density at radius 1 is 1.11 bits per heavy atom. The monoisotopic (exact) mass is 259 g/mol. The highest BCUT2D eigenvalue weighted by molar-refractivity contribution is 5.82. The second-order valence-corrected chi connectivity index (χ2v) is 5.37. The van der Waals surface area contributed by atoms with Crippen LogP contribution in [0.4, 0.5) is 0 Å². The summed E-state index contributed by atoms with van der Waals surface area (Å²) < 4.78 is 0. The molecule has 3 rings (SSSR count). The fourth-order valence-electron chi connectivity index (χ4n) is 3.01. The molecule has 1 aromatic rings. The van der Waals surface area contributed by atoms with Crippen LogP contribution in [0.25, 0.3) is 0 Å². The third kappa shape index (κ3) is 2.80. The Morgan fingerprint density at radius 3 is 2.89 bits per heavy atom. The van der Waals surface area contributed by atoms with Gasteiger partial charge >= 0.3 is 0 Å². The largest absolute Gasteiger partial charge is 0.355 e. The van der Waals surface area contributed by atoms with Crippen molar-refractivity contribution in [2.45, 2.75) is 37.9 Å². The number of hydrogen-bond donors (Lipinski definition) is 3. The van der Waals surface area contributed by atoms with Crippen molar-refractivity contribution in [3.63, 3.8) is 0 Å². The average Bonchev–Trinajstić information content (AvgIpc) is 2.64. The minimum Gasteiger partial charge on any atom is -0.355 e. The summed E-state index contributed by atoms with van der Waals surface area (Å²) in [5, 5.41) is 9.94. The average molecular weight is 259 g/mol. The molecule has 3 N–H and O–H groups in total. The first-order chi connectivity index (χ1) is 9.34. The summed E-state index contributed by atoms with van der Waals surface area (Å²) >= 11 is 0. The first-order valence-electron chi connectivity index (χ1n) is 7.17. The number of carbonyl (C=O) groups excluding carboxylic acids is 1. The molecule has 4 heteroatoms. The lowest BCUT2D eigenvalue weighted by molar-refractivity contribution is -0.124. The van der Waals surface area contributed by atoms with Crippen LogP contribution in [0.2, 0.25) is 0 Å². The van der Waals surface area contributed by atoms with Gasteiger partial charge < -0.3 is 10.6 Å². The molecule has 102 valence electrons. The van der Waals surface area contributed by atoms with Gasteiger partial charge in [-0.05, 0) is 36.9 Å². The van der Waals surface area contributed by atoms with Gasteiger partial charge in [0, 0.05) is 19.1 Å². The van der Waals surface area contributed by atoms with Gasteiger partial charge in [0.05, 0.1) is 6.04 Å². The van der Waals surface area contributed by atoms with E-state index in [1.807, 2.05) is 0 Å². The SMILES string of the molecule is O=C1NCCCC1NC1CCNCc2ccccc21. The van der Waals surface area contributed by atoms with Crippen LogP contribution in [-0.4, -0.2) is 25.0 Å². The van der Waals surface area contributed by atoms with E-state index < -0.39 is 0 Å². The lowest BCUT2D eigenvalue weighted by Crippen LogP contribution is -2.49. The van der Waals surface area contributed by atoms with Crippen LogP contribution < -0.4 is 16.0 Å². The molecule has 19 heavy (non-hydrogen) atoms. The summed E-state index contributed by atoms with van der Waals surface area (Å²) in [6.07, 6.45) is 3.04. The van der Waals surface area contributed by atoms with E-state index in [1.54, 1.807) is 0 Å². The fourth-order valence-corrected chi connectivity index (χ4v) is 3.01. The molecule has 0 radical (unpaired) electrons. The number of nitrogens with one attached hydrogen (secondary N) is 3. The first kappa shape index (κ1) is 12.6. The number of piperidine rings is 1. The summed E-state index contributed by atoms with van der Waals surface area (Å²) in [5.41, 5.74) is 2.68. The van der Waals surface area contributed by atoms with Crippen LogP contribution in [0.3, 0.4) is 0 Å². The molecule has 2 aliphatic heterocycles. The molecule has 2 aliphatic rings. The minimum atomic E-state index is -0.0371. The van der Waals surface area contributed by atoms with E-state index >= 15 is 0 Å². The maximum Gasteiger partial charge on any atom is 0.237 e. The number of rotatable bonds is 2. The van der Waals surface area contributed by atoms with Gasteiger partial charge in [-0.3, -0.25) is 10.1 Å². The number of fused-ring (bicyclic) bond motifs is 1. The van der Waals surface area contributed by atoms with Crippen LogP contribution in [-0.2, 0) is 11.3 Å². The molecule has 1 aromatic carbocycles. The summed E-state index contributed by atoms with van der Waals surface area (Å²) in [6.45, 7) is 2.73. The van der Waals surface area contributed by atoms with E-state index in [9.17, 15) is 4.79 Å². The van der Waals surface area contributed by atoms with Crippen molar-refractivity contribution in [3.8, 4) is 0 Å². The number of benzene rings is 1. The lowest BCUT2D eigenvalue weighted by Gasteiger charge is -2.28. The van der Waals surface area contributed by atoms with Gasteiger partial charge in [-0.25, -0.2) is 0 Å². The van der Waals surface area contributed by atoms with E-state index in [2.05, 4.69) is 40.2 Å². The maximum atomic E-state index is 11.9. The van der Waals surface area contributed by atoms with Gasteiger partial charge in [-0.1, -0.05) is 24.3 Å². The zero-order chi connectivity index (χ0) is 13.1. The normalized spacial score (nSPS) is 27.3. The molecule has 2 heterocycles. The molecule has 0 saturated carbocycles. The van der Waals surface area contributed by atoms with Gasteiger partial charge in [-0.2, -0.15) is 0 Å². The van der Waals surface area contributed by atoms with Crippen molar-refractivity contribution in [3.05, 3.63) is 35.4 Å². The number of amides is 1. The minimum absolute atomic E-state index is 0.0371. The molecular weight excluding hydrogens is 238 g/mol. The van der Waals surface area contributed by atoms with E-state index in [4.69, 9.17) is 0 Å². The third-order valence-corrected chi connectivity index (χ3v) is 4.04. The Hall–Kier alpha value is -1.39. The molecule has 0 aromatic heterocycles. The van der Waals surface area contributed by atoms with Gasteiger partial charge in [0.15, 0.2) is 0 Å². The summed E-state index contributed by atoms with van der Waals surface area (Å²) in [6, 6.07) is 8.75. The van der Waals surface area contributed by atoms with Crippen molar-refractivity contribution in [1.29, 1.82) is 0 Å². The Balaban J connectivity index is 1.78. The highest BCUT2D eigenvalue weighted by Gasteiger charge is 2.26. The Morgan fingerprint density at radius 2 is 2.00 bits per heavy atom. The Bertz CT molecular complexity index is 460. The topological polar surface area (TPSA) is 53.2 Å². The highest BCUT2D eigenvalue weighted by Crippen LogP contribution is 2.24. The fraction of sp³-hybridized carbons (Fsp3) is 0.533. The number of carbonyl (C=O) groups is 1. The summed E-state index contributed by atoms with van der Waals surface area (Å²) in [5.74, 6) is 0.154. The van der Waals surface area contributed by atoms with Gasteiger partial charge in [0.2, 0.25) is 5.91 Å². The molecule has 1 fully saturated rings. The molecule has 2 atom stereocenters. The van der Waals surface area contributed by atoms with Crippen molar-refractivity contribution in [2.24, 2.45) is 0 Å². The molecule has 4 nitrogen and oxygen atoms in total. The van der Waals surface area contributed by atoms with E-state index in [1.165, 1.54) is 11.1 Å². The number of hydrogen-bond acceptors (Lipinski definition) is 3. The molecule has 0 aliphatic carbocycles. The molecule has 2 unspecified atom stereocenters. The van der Waals surface area contributed by atoms with Crippen molar-refractivity contribution >= 4 is 5.91 Å². The van der Waals surface area contributed by atoms with Crippen molar-refractivity contribution < 1.29 is 4.79 Å². The van der Waals surface area contributed by atoms with E-state index in [0.717, 1.165) is 38.9 Å². The smallest absolute Gasteiger partial charge is 0.237 e. The predicted octanol–water partition coefficient (Wildman–Crippen LogP) is 1.09. The first-order valence-corrected chi connectivity index (χ1v) is 7.17. The molecule has 0 spiro atoms. The quantitative estimate of drug-likeness (QED) is 0.745. The third-order valence-electron chi connectivity index (χ3n) is 4.04. The van der Waals surface area contributed by atoms with Crippen molar-refractivity contribution in [1.82, 2.24) is 16.0 Å². The standard InChI is InChI=1S/C15H21N3O/c19-15-14(6-3-8-17-15)18-13-7-9-16-10-11-4-1-2-5-12(11)13/h1-2,4-5,13-14,16,18H,3,6-10H2,(H,17,19). The zero-order valence-corrected chi connectivity index (χ0v) is 11.1. The van der Waals surface area contributed by atoms with Gasteiger partial charge in [0.25, 0.3) is 0 Å². The molecule has 1 saturated heterocycles. The van der Waals surface area contributed by atoms with Gasteiger partial charge in [-0.15, -0.1) is 0 Å². The van der Waals surface area contributed by atoms with Crippen LogP contribution in [0.5, 0.6) is 0 Å².